The lowest BCUT2D eigenvalue weighted by atomic mass is 10.1. The molecule has 2 aromatic carbocycles. The third-order valence-electron chi connectivity index (χ3n) is 5.23. The van der Waals surface area contributed by atoms with Crippen LogP contribution in [-0.4, -0.2) is 40.1 Å². The first-order valence-corrected chi connectivity index (χ1v) is 10.8. The lowest BCUT2D eigenvalue weighted by Crippen LogP contribution is -2.34. The number of non-ortho nitro benzene ring substituents is 1. The average Bonchev–Trinajstić information content (AvgIpc) is 3.35. The summed E-state index contributed by atoms with van der Waals surface area (Å²) in [6, 6.07) is 13.3. The number of para-hydroxylation sites is 1. The van der Waals surface area contributed by atoms with E-state index in [1.165, 1.54) is 33.7 Å². The van der Waals surface area contributed by atoms with Gasteiger partial charge in [-0.1, -0.05) is 36.0 Å². The van der Waals surface area contributed by atoms with Crippen LogP contribution >= 0.6 is 11.8 Å². The highest BCUT2D eigenvalue weighted by atomic mass is 32.2. The minimum absolute atomic E-state index is 0.0344. The van der Waals surface area contributed by atoms with Gasteiger partial charge in [-0.25, -0.2) is 5.43 Å². The summed E-state index contributed by atoms with van der Waals surface area (Å²) in [5.41, 5.74) is 4.11. The maximum absolute atomic E-state index is 12.7. The minimum atomic E-state index is -0.669. The number of hydrogen-bond donors (Lipinski definition) is 1. The summed E-state index contributed by atoms with van der Waals surface area (Å²) in [7, 11) is 0. The van der Waals surface area contributed by atoms with Crippen LogP contribution in [0.25, 0.3) is 0 Å². The number of carbonyl (C=O) groups is 3. The van der Waals surface area contributed by atoms with Crippen LogP contribution in [0.4, 0.5) is 17.1 Å². The van der Waals surface area contributed by atoms with Crippen LogP contribution in [0.5, 0.6) is 0 Å². The van der Waals surface area contributed by atoms with Crippen molar-refractivity contribution in [3.05, 3.63) is 64.2 Å². The molecule has 3 amide bonds. The standard InChI is InChI=1S/C21H19N5O5S/c1-13-7-8-16(26(30)31)10-17(13)24-11-14(9-18(24)27)20(29)22-23-21-25(19(28)12-32-21)15-5-3-2-4-6-15/h2-8,10,14H,9,11-12H2,1H3,(H,22,29). The summed E-state index contributed by atoms with van der Waals surface area (Å²) >= 11 is 1.21. The molecule has 2 heterocycles. The summed E-state index contributed by atoms with van der Waals surface area (Å²) < 4.78 is 0. The summed E-state index contributed by atoms with van der Waals surface area (Å²) in [4.78, 5) is 50.9. The first-order valence-electron chi connectivity index (χ1n) is 9.79. The van der Waals surface area contributed by atoms with E-state index in [2.05, 4.69) is 10.5 Å². The zero-order valence-electron chi connectivity index (χ0n) is 17.1. The van der Waals surface area contributed by atoms with Crippen LogP contribution in [-0.2, 0) is 14.4 Å². The number of thioether (sulfide) groups is 1. The van der Waals surface area contributed by atoms with E-state index in [9.17, 15) is 24.5 Å². The second-order valence-electron chi connectivity index (χ2n) is 7.36. The van der Waals surface area contributed by atoms with Crippen LogP contribution in [0, 0.1) is 23.0 Å². The monoisotopic (exact) mass is 453 g/mol. The second-order valence-corrected chi connectivity index (χ2v) is 8.30. The lowest BCUT2D eigenvalue weighted by molar-refractivity contribution is -0.384. The van der Waals surface area contributed by atoms with Gasteiger partial charge in [-0.05, 0) is 24.6 Å². The molecule has 2 aromatic rings. The fraction of sp³-hybridized carbons (Fsp3) is 0.238. The molecule has 1 N–H and O–H groups in total. The van der Waals surface area contributed by atoms with Crippen molar-refractivity contribution >= 4 is 51.7 Å². The van der Waals surface area contributed by atoms with Gasteiger partial charge in [0.15, 0.2) is 5.17 Å². The number of nitro benzene ring substituents is 1. The Hall–Kier alpha value is -3.73. The van der Waals surface area contributed by atoms with Gasteiger partial charge in [0.05, 0.1) is 28.0 Å². The van der Waals surface area contributed by atoms with Crippen molar-refractivity contribution in [1.82, 2.24) is 5.43 Å². The highest BCUT2D eigenvalue weighted by Gasteiger charge is 2.37. The zero-order chi connectivity index (χ0) is 22.8. The van der Waals surface area contributed by atoms with Gasteiger partial charge in [-0.3, -0.25) is 29.4 Å². The van der Waals surface area contributed by atoms with E-state index in [1.54, 1.807) is 37.3 Å². The van der Waals surface area contributed by atoms with Crippen molar-refractivity contribution in [2.24, 2.45) is 11.0 Å². The Balaban J connectivity index is 1.47. The van der Waals surface area contributed by atoms with Crippen molar-refractivity contribution < 1.29 is 19.3 Å². The Morgan fingerprint density at radius 1 is 1.19 bits per heavy atom. The highest BCUT2D eigenvalue weighted by molar-refractivity contribution is 8.15. The van der Waals surface area contributed by atoms with Crippen molar-refractivity contribution in [2.75, 3.05) is 22.1 Å². The molecule has 0 spiro atoms. The number of hydrogen-bond acceptors (Lipinski definition) is 7. The van der Waals surface area contributed by atoms with Crippen molar-refractivity contribution in [3.63, 3.8) is 0 Å². The van der Waals surface area contributed by atoms with Gasteiger partial charge in [0.2, 0.25) is 17.7 Å². The number of nitrogens with one attached hydrogen (secondary N) is 1. The number of anilines is 2. The molecule has 1 unspecified atom stereocenters. The van der Waals surface area contributed by atoms with Crippen LogP contribution in [0.1, 0.15) is 12.0 Å². The normalized spacial score (nSPS) is 19.7. The average molecular weight is 453 g/mol. The first kappa shape index (κ1) is 21.5. The van der Waals surface area contributed by atoms with E-state index in [4.69, 9.17) is 0 Å². The molecule has 1 atom stereocenters. The minimum Gasteiger partial charge on any atom is -0.311 e. The third-order valence-corrected chi connectivity index (χ3v) is 6.16. The molecule has 4 rings (SSSR count). The fourth-order valence-electron chi connectivity index (χ4n) is 3.59. The van der Waals surface area contributed by atoms with Gasteiger partial charge < -0.3 is 4.90 Å². The zero-order valence-corrected chi connectivity index (χ0v) is 17.9. The molecule has 2 saturated heterocycles. The van der Waals surface area contributed by atoms with E-state index >= 15 is 0 Å². The molecule has 0 aromatic heterocycles. The molecule has 11 heteroatoms. The largest absolute Gasteiger partial charge is 0.311 e. The Morgan fingerprint density at radius 3 is 2.66 bits per heavy atom. The molecule has 0 aliphatic carbocycles. The van der Waals surface area contributed by atoms with Gasteiger partial charge in [0, 0.05) is 25.1 Å². The molecule has 2 aliphatic heterocycles. The van der Waals surface area contributed by atoms with Gasteiger partial charge in [-0.2, -0.15) is 0 Å². The van der Waals surface area contributed by atoms with Gasteiger partial charge in [-0.15, -0.1) is 5.10 Å². The van der Waals surface area contributed by atoms with E-state index in [0.717, 1.165) is 0 Å². The second kappa shape index (κ2) is 8.79. The van der Waals surface area contributed by atoms with Crippen LogP contribution < -0.4 is 15.2 Å². The number of rotatable bonds is 5. The Bertz CT molecular complexity index is 1140. The number of hydrazone groups is 1. The van der Waals surface area contributed by atoms with E-state index in [1.807, 2.05) is 6.07 Å². The molecule has 164 valence electrons. The third kappa shape index (κ3) is 4.19. The van der Waals surface area contributed by atoms with Crippen LogP contribution in [0.3, 0.4) is 0 Å². The van der Waals surface area contributed by atoms with E-state index in [0.29, 0.717) is 22.1 Å². The number of benzene rings is 2. The van der Waals surface area contributed by atoms with Crippen molar-refractivity contribution in [2.45, 2.75) is 13.3 Å². The first-order chi connectivity index (χ1) is 15.3. The fourth-order valence-corrected chi connectivity index (χ4v) is 4.42. The summed E-state index contributed by atoms with van der Waals surface area (Å²) in [6.07, 6.45) is -0.0344. The highest BCUT2D eigenvalue weighted by Crippen LogP contribution is 2.31. The maximum Gasteiger partial charge on any atom is 0.271 e. The van der Waals surface area contributed by atoms with Crippen molar-refractivity contribution in [1.29, 1.82) is 0 Å². The molecule has 0 bridgehead atoms. The molecule has 2 fully saturated rings. The molecule has 0 saturated carbocycles. The summed E-state index contributed by atoms with van der Waals surface area (Å²) in [6.45, 7) is 1.84. The maximum atomic E-state index is 12.7. The quantitative estimate of drug-likeness (QED) is 0.547. The number of carbonyl (C=O) groups excluding carboxylic acids is 3. The van der Waals surface area contributed by atoms with Gasteiger partial charge in [0.1, 0.15) is 0 Å². The lowest BCUT2D eigenvalue weighted by Gasteiger charge is -2.19. The van der Waals surface area contributed by atoms with Crippen LogP contribution in [0.15, 0.2) is 53.6 Å². The topological polar surface area (TPSA) is 125 Å². The Labute approximate surface area is 187 Å². The molecule has 2 aliphatic rings. The number of nitrogens with zero attached hydrogens (tertiary/aromatic N) is 4. The molecular formula is C21H19N5O5S. The SMILES string of the molecule is Cc1ccc([N+](=O)[O-])cc1N1CC(C(=O)NN=C2SCC(=O)N2c2ccccc2)CC1=O. The van der Waals surface area contributed by atoms with E-state index in [-0.39, 0.29) is 36.2 Å². The van der Waals surface area contributed by atoms with Gasteiger partial charge >= 0.3 is 0 Å². The predicted octanol–water partition coefficient (Wildman–Crippen LogP) is 2.42. The number of amidine groups is 1. The summed E-state index contributed by atoms with van der Waals surface area (Å²) in [5.74, 6) is -1.34. The Morgan fingerprint density at radius 2 is 1.94 bits per heavy atom. The molecule has 0 radical (unpaired) electrons. The Kier molecular flexibility index (Phi) is 5.91. The molecule has 10 nitrogen and oxygen atoms in total. The molecule has 32 heavy (non-hydrogen) atoms. The van der Waals surface area contributed by atoms with Gasteiger partial charge in [0.25, 0.3) is 5.69 Å². The van der Waals surface area contributed by atoms with E-state index < -0.39 is 16.7 Å². The van der Waals surface area contributed by atoms with Crippen molar-refractivity contribution in [3.8, 4) is 0 Å². The number of amides is 3. The number of nitro groups is 1. The number of aryl methyl sites for hydroxylation is 1. The van der Waals surface area contributed by atoms with Crippen LogP contribution in [0.2, 0.25) is 0 Å². The molecular weight excluding hydrogens is 434 g/mol. The predicted molar refractivity (Wildman–Crippen MR) is 120 cm³/mol. The summed E-state index contributed by atoms with van der Waals surface area (Å²) in [5, 5.41) is 15.6. The smallest absolute Gasteiger partial charge is 0.271 e.